The van der Waals surface area contributed by atoms with Gasteiger partial charge in [0.15, 0.2) is 5.76 Å². The van der Waals surface area contributed by atoms with E-state index < -0.39 is 10.0 Å². The van der Waals surface area contributed by atoms with Gasteiger partial charge in [-0.3, -0.25) is 4.79 Å². The highest BCUT2D eigenvalue weighted by molar-refractivity contribution is 7.89. The second-order valence-corrected chi connectivity index (χ2v) is 7.85. The van der Waals surface area contributed by atoms with E-state index in [0.717, 1.165) is 19.3 Å². The number of rotatable bonds is 3. The molecule has 2 fully saturated rings. The minimum Gasteiger partial charge on any atom is -0.438 e. The van der Waals surface area contributed by atoms with Crippen molar-refractivity contribution in [2.75, 3.05) is 32.8 Å². The molecule has 1 unspecified atom stereocenters. The van der Waals surface area contributed by atoms with Crippen LogP contribution in [0.15, 0.2) is 21.6 Å². The maximum Gasteiger partial charge on any atom is 0.289 e. The maximum absolute atomic E-state index is 12.5. The lowest BCUT2D eigenvalue weighted by atomic mass is 10.0. The number of likely N-dealkylation sites (tertiary alicyclic amines) is 1. The third-order valence-corrected chi connectivity index (χ3v) is 6.19. The van der Waals surface area contributed by atoms with Crippen molar-refractivity contribution in [2.45, 2.75) is 37.3 Å². The highest BCUT2D eigenvalue weighted by Gasteiger charge is 2.32. The SMILES string of the molecule is CC1CCCCN1C(=O)c1ccc(S(=O)(=O)N2CCOCC2)o1. The predicted molar refractivity (Wildman–Crippen MR) is 82.6 cm³/mol. The Labute approximate surface area is 136 Å². The lowest BCUT2D eigenvalue weighted by molar-refractivity contribution is 0.0594. The van der Waals surface area contributed by atoms with Crippen molar-refractivity contribution >= 4 is 15.9 Å². The molecule has 1 aromatic rings. The smallest absolute Gasteiger partial charge is 0.289 e. The lowest BCUT2D eigenvalue weighted by Crippen LogP contribution is -2.42. The molecule has 2 aliphatic heterocycles. The van der Waals surface area contributed by atoms with Crippen molar-refractivity contribution in [1.29, 1.82) is 0 Å². The Morgan fingerprint density at radius 1 is 1.17 bits per heavy atom. The van der Waals surface area contributed by atoms with Gasteiger partial charge in [-0.25, -0.2) is 8.42 Å². The van der Waals surface area contributed by atoms with E-state index in [1.807, 2.05) is 6.92 Å². The molecule has 8 heteroatoms. The average Bonchev–Trinajstić information content (AvgIpc) is 3.06. The minimum absolute atomic E-state index is 0.0885. The summed E-state index contributed by atoms with van der Waals surface area (Å²) in [6.45, 7) is 4.04. The number of furan rings is 1. The molecule has 0 spiro atoms. The fourth-order valence-electron chi connectivity index (χ4n) is 3.03. The third kappa shape index (κ3) is 3.29. The van der Waals surface area contributed by atoms with Gasteiger partial charge in [-0.15, -0.1) is 0 Å². The molecular formula is C15H22N2O5S. The molecule has 2 saturated heterocycles. The number of hydrogen-bond donors (Lipinski definition) is 0. The van der Waals surface area contributed by atoms with Gasteiger partial charge in [0.2, 0.25) is 5.09 Å². The molecule has 23 heavy (non-hydrogen) atoms. The van der Waals surface area contributed by atoms with E-state index in [1.54, 1.807) is 4.90 Å². The van der Waals surface area contributed by atoms with Gasteiger partial charge in [0.1, 0.15) is 0 Å². The Balaban J connectivity index is 1.78. The summed E-state index contributed by atoms with van der Waals surface area (Å²) in [7, 11) is -3.70. The van der Waals surface area contributed by atoms with Crippen LogP contribution in [0.4, 0.5) is 0 Å². The first-order valence-electron chi connectivity index (χ1n) is 7.99. The van der Waals surface area contributed by atoms with Crippen LogP contribution < -0.4 is 0 Å². The number of carbonyl (C=O) groups excluding carboxylic acids is 1. The second-order valence-electron chi connectivity index (χ2n) is 5.98. The van der Waals surface area contributed by atoms with Gasteiger partial charge in [0.25, 0.3) is 15.9 Å². The van der Waals surface area contributed by atoms with Gasteiger partial charge < -0.3 is 14.1 Å². The summed E-state index contributed by atoms with van der Waals surface area (Å²) < 4.78 is 36.9. The molecule has 1 amide bonds. The normalized spacial score (nSPS) is 23.9. The Bertz CT molecular complexity index is 663. The molecule has 0 bridgehead atoms. The zero-order valence-corrected chi connectivity index (χ0v) is 14.0. The molecule has 128 valence electrons. The van der Waals surface area contributed by atoms with Gasteiger partial charge in [-0.1, -0.05) is 0 Å². The molecule has 1 aromatic heterocycles. The van der Waals surface area contributed by atoms with Gasteiger partial charge in [-0.2, -0.15) is 4.31 Å². The summed E-state index contributed by atoms with van der Waals surface area (Å²) in [6, 6.07) is 2.98. The van der Waals surface area contributed by atoms with Crippen LogP contribution in [0.3, 0.4) is 0 Å². The van der Waals surface area contributed by atoms with Gasteiger partial charge in [0.05, 0.1) is 13.2 Å². The number of nitrogens with zero attached hydrogens (tertiary/aromatic N) is 2. The molecule has 0 saturated carbocycles. The van der Waals surface area contributed by atoms with E-state index in [1.165, 1.54) is 16.4 Å². The number of hydrogen-bond acceptors (Lipinski definition) is 5. The molecule has 1 atom stereocenters. The van der Waals surface area contributed by atoms with Gasteiger partial charge >= 0.3 is 0 Å². The predicted octanol–water partition coefficient (Wildman–Crippen LogP) is 1.32. The van der Waals surface area contributed by atoms with Gasteiger partial charge in [0, 0.05) is 25.7 Å². The quantitative estimate of drug-likeness (QED) is 0.827. The molecule has 0 N–H and O–H groups in total. The maximum atomic E-state index is 12.5. The molecule has 0 aliphatic carbocycles. The number of amides is 1. The molecule has 7 nitrogen and oxygen atoms in total. The summed E-state index contributed by atoms with van der Waals surface area (Å²) in [5.41, 5.74) is 0. The zero-order chi connectivity index (χ0) is 16.4. The fourth-order valence-corrected chi connectivity index (χ4v) is 4.35. The summed E-state index contributed by atoms with van der Waals surface area (Å²) in [4.78, 5) is 14.3. The van der Waals surface area contributed by atoms with Crippen LogP contribution in [0.25, 0.3) is 0 Å². The summed E-state index contributed by atoms with van der Waals surface area (Å²) >= 11 is 0. The number of piperidine rings is 1. The van der Waals surface area contributed by atoms with Crippen molar-refractivity contribution in [3.05, 3.63) is 17.9 Å². The van der Waals surface area contributed by atoms with Crippen molar-refractivity contribution in [2.24, 2.45) is 0 Å². The Hall–Kier alpha value is -1.38. The third-order valence-electron chi connectivity index (χ3n) is 4.42. The summed E-state index contributed by atoms with van der Waals surface area (Å²) in [5, 5.41) is -0.174. The number of sulfonamides is 1. The van der Waals surface area contributed by atoms with E-state index in [-0.39, 0.29) is 22.8 Å². The molecule has 0 aromatic carbocycles. The zero-order valence-electron chi connectivity index (χ0n) is 13.2. The molecular weight excluding hydrogens is 320 g/mol. The first-order chi connectivity index (χ1) is 11.0. The fraction of sp³-hybridized carbons (Fsp3) is 0.667. The summed E-state index contributed by atoms with van der Waals surface area (Å²) in [5.74, 6) is -0.147. The lowest BCUT2D eigenvalue weighted by Gasteiger charge is -2.32. The largest absolute Gasteiger partial charge is 0.438 e. The standard InChI is InChI=1S/C15H22N2O5S/c1-12-4-2-3-7-17(12)15(18)13-5-6-14(22-13)23(19,20)16-8-10-21-11-9-16/h5-6,12H,2-4,7-11H2,1H3. The first kappa shape index (κ1) is 16.5. The number of carbonyl (C=O) groups is 1. The van der Waals surface area contributed by atoms with Crippen LogP contribution in [0.5, 0.6) is 0 Å². The van der Waals surface area contributed by atoms with Crippen molar-refractivity contribution in [3.8, 4) is 0 Å². The van der Waals surface area contributed by atoms with Crippen LogP contribution in [-0.4, -0.2) is 62.4 Å². The van der Waals surface area contributed by atoms with Crippen LogP contribution >= 0.6 is 0 Å². The highest BCUT2D eigenvalue weighted by atomic mass is 32.2. The van der Waals surface area contributed by atoms with Crippen molar-refractivity contribution in [3.63, 3.8) is 0 Å². The van der Waals surface area contributed by atoms with E-state index >= 15 is 0 Å². The highest BCUT2D eigenvalue weighted by Crippen LogP contribution is 2.23. The topological polar surface area (TPSA) is 80.1 Å². The minimum atomic E-state index is -3.70. The number of morpholine rings is 1. The van der Waals surface area contributed by atoms with Gasteiger partial charge in [-0.05, 0) is 38.3 Å². The Morgan fingerprint density at radius 2 is 1.91 bits per heavy atom. The molecule has 2 aliphatic rings. The first-order valence-corrected chi connectivity index (χ1v) is 9.43. The second kappa shape index (κ2) is 6.62. The van der Waals surface area contributed by atoms with E-state index in [2.05, 4.69) is 0 Å². The molecule has 3 rings (SSSR count). The Morgan fingerprint density at radius 3 is 2.61 bits per heavy atom. The summed E-state index contributed by atoms with van der Waals surface area (Å²) in [6.07, 6.45) is 3.04. The monoisotopic (exact) mass is 342 g/mol. The van der Waals surface area contributed by atoms with Crippen molar-refractivity contribution in [1.82, 2.24) is 9.21 Å². The van der Waals surface area contributed by atoms with Crippen molar-refractivity contribution < 1.29 is 22.4 Å². The van der Waals surface area contributed by atoms with Crippen LogP contribution in [0.2, 0.25) is 0 Å². The molecule has 3 heterocycles. The van der Waals surface area contributed by atoms with E-state index in [9.17, 15) is 13.2 Å². The Kier molecular flexibility index (Phi) is 4.74. The van der Waals surface area contributed by atoms with E-state index in [4.69, 9.17) is 9.15 Å². The van der Waals surface area contributed by atoms with E-state index in [0.29, 0.717) is 32.8 Å². The van der Waals surface area contributed by atoms with Crippen LogP contribution in [0.1, 0.15) is 36.7 Å². The van der Waals surface area contributed by atoms with Crippen LogP contribution in [-0.2, 0) is 14.8 Å². The number of ether oxygens (including phenoxy) is 1. The molecule has 0 radical (unpaired) electrons. The average molecular weight is 342 g/mol. The van der Waals surface area contributed by atoms with Crippen LogP contribution in [0, 0.1) is 0 Å².